The van der Waals surface area contributed by atoms with Crippen LogP contribution in [0.5, 0.6) is 0 Å². The Morgan fingerprint density at radius 2 is 1.85 bits per heavy atom. The summed E-state index contributed by atoms with van der Waals surface area (Å²) in [7, 11) is 1.65. The summed E-state index contributed by atoms with van der Waals surface area (Å²) in [5.41, 5.74) is 6.11. The van der Waals surface area contributed by atoms with Gasteiger partial charge in [-0.1, -0.05) is 30.3 Å². The monoisotopic (exact) mass is 376 g/mol. The number of carbonyl (C=O) groups excluding carboxylic acids is 2. The minimum Gasteiger partial charge on any atom is -0.385 e. The van der Waals surface area contributed by atoms with Gasteiger partial charge in [-0.05, 0) is 25.8 Å². The molecule has 27 heavy (non-hydrogen) atoms. The van der Waals surface area contributed by atoms with Gasteiger partial charge in [0, 0.05) is 46.4 Å². The second-order valence-electron chi connectivity index (χ2n) is 7.21. The topological polar surface area (TPSA) is 87.9 Å². The normalized spacial score (nSPS) is 18.6. The summed E-state index contributed by atoms with van der Waals surface area (Å²) in [5.74, 6) is -0.0659. The van der Waals surface area contributed by atoms with Crippen LogP contribution in [0.25, 0.3) is 0 Å². The van der Waals surface area contributed by atoms with E-state index in [1.807, 2.05) is 37.3 Å². The fraction of sp³-hybridized carbons (Fsp3) is 0.600. The van der Waals surface area contributed by atoms with Crippen LogP contribution in [0.2, 0.25) is 0 Å². The van der Waals surface area contributed by atoms with Crippen molar-refractivity contribution < 1.29 is 14.3 Å². The van der Waals surface area contributed by atoms with Crippen LogP contribution in [0.3, 0.4) is 0 Å². The Hall–Kier alpha value is -1.96. The van der Waals surface area contributed by atoms with Gasteiger partial charge in [0.1, 0.15) is 5.54 Å². The molecule has 7 heteroatoms. The first-order valence-electron chi connectivity index (χ1n) is 9.52. The predicted molar refractivity (Wildman–Crippen MR) is 105 cm³/mol. The summed E-state index contributed by atoms with van der Waals surface area (Å²) >= 11 is 0. The molecule has 3 N–H and O–H groups in total. The van der Waals surface area contributed by atoms with E-state index in [1.54, 1.807) is 18.9 Å². The highest BCUT2D eigenvalue weighted by molar-refractivity contribution is 5.87. The molecular weight excluding hydrogens is 344 g/mol. The molecule has 2 amide bonds. The van der Waals surface area contributed by atoms with Gasteiger partial charge in [-0.25, -0.2) is 0 Å². The van der Waals surface area contributed by atoms with E-state index in [9.17, 15) is 9.59 Å². The van der Waals surface area contributed by atoms with E-state index >= 15 is 0 Å². The third-order valence-electron chi connectivity index (χ3n) is 5.17. The highest BCUT2D eigenvalue weighted by Crippen LogP contribution is 2.21. The Morgan fingerprint density at radius 1 is 1.22 bits per heavy atom. The molecule has 7 nitrogen and oxygen atoms in total. The molecule has 2 atom stereocenters. The molecule has 1 saturated heterocycles. The zero-order valence-corrected chi connectivity index (χ0v) is 16.6. The average Bonchev–Trinajstić information content (AvgIpc) is 2.70. The van der Waals surface area contributed by atoms with E-state index in [2.05, 4.69) is 10.2 Å². The highest BCUT2D eigenvalue weighted by atomic mass is 16.5. The molecule has 1 aromatic rings. The van der Waals surface area contributed by atoms with Gasteiger partial charge in [0.2, 0.25) is 11.8 Å². The lowest BCUT2D eigenvalue weighted by Gasteiger charge is -2.40. The molecule has 1 aliphatic heterocycles. The molecule has 150 valence electrons. The molecule has 0 aliphatic carbocycles. The number of carbonyl (C=O) groups is 2. The fourth-order valence-electron chi connectivity index (χ4n) is 3.29. The van der Waals surface area contributed by atoms with Crippen molar-refractivity contribution in [3.05, 3.63) is 35.9 Å². The number of nitrogens with one attached hydrogen (secondary N) is 1. The Kier molecular flexibility index (Phi) is 7.77. The van der Waals surface area contributed by atoms with Crippen LogP contribution in [0.1, 0.15) is 25.8 Å². The lowest BCUT2D eigenvalue weighted by atomic mass is 9.91. The predicted octanol–water partition coefficient (Wildman–Crippen LogP) is 0.546. The van der Waals surface area contributed by atoms with E-state index in [0.717, 1.165) is 12.0 Å². The summed E-state index contributed by atoms with van der Waals surface area (Å²) < 4.78 is 4.98. The zero-order valence-electron chi connectivity index (χ0n) is 16.6. The first-order valence-corrected chi connectivity index (χ1v) is 9.52. The number of amides is 2. The first-order chi connectivity index (χ1) is 12.9. The maximum atomic E-state index is 12.9. The van der Waals surface area contributed by atoms with E-state index in [4.69, 9.17) is 10.5 Å². The van der Waals surface area contributed by atoms with Gasteiger partial charge in [-0.3, -0.25) is 14.5 Å². The van der Waals surface area contributed by atoms with Gasteiger partial charge in [0.25, 0.3) is 0 Å². The van der Waals surface area contributed by atoms with Crippen molar-refractivity contribution in [3.63, 3.8) is 0 Å². The van der Waals surface area contributed by atoms with Gasteiger partial charge in [-0.15, -0.1) is 0 Å². The largest absolute Gasteiger partial charge is 0.385 e. The van der Waals surface area contributed by atoms with Crippen molar-refractivity contribution in [3.8, 4) is 0 Å². The first kappa shape index (κ1) is 21.3. The van der Waals surface area contributed by atoms with Crippen molar-refractivity contribution in [2.75, 3.05) is 46.4 Å². The molecule has 1 aliphatic rings. The zero-order chi connectivity index (χ0) is 19.9. The molecule has 2 unspecified atom stereocenters. The van der Waals surface area contributed by atoms with Crippen LogP contribution >= 0.6 is 0 Å². The van der Waals surface area contributed by atoms with Crippen LogP contribution < -0.4 is 11.1 Å². The van der Waals surface area contributed by atoms with Crippen LogP contribution in [-0.4, -0.2) is 74.1 Å². The molecule has 2 rings (SSSR count). The lowest BCUT2D eigenvalue weighted by molar-refractivity contribution is -0.139. The standard InChI is InChI=1S/C20H32N4O3/c1-16(18(25)22-10-7-15-27-3)23-11-13-24(14-12-23)19(26)20(2,21)17-8-5-4-6-9-17/h4-6,8-9,16H,7,10-15,21H2,1-3H3,(H,22,25). The fourth-order valence-corrected chi connectivity index (χ4v) is 3.29. The SMILES string of the molecule is COCCCNC(=O)C(C)N1CCN(C(=O)C(C)(N)c2ccccc2)CC1. The quantitative estimate of drug-likeness (QED) is 0.647. The smallest absolute Gasteiger partial charge is 0.247 e. The van der Waals surface area contributed by atoms with Gasteiger partial charge < -0.3 is 20.7 Å². The molecular formula is C20H32N4O3. The second-order valence-corrected chi connectivity index (χ2v) is 7.21. The number of ether oxygens (including phenoxy) is 1. The van der Waals surface area contributed by atoms with E-state index in [-0.39, 0.29) is 17.9 Å². The average molecular weight is 377 g/mol. The summed E-state index contributed by atoms with van der Waals surface area (Å²) in [4.78, 5) is 29.1. The summed E-state index contributed by atoms with van der Waals surface area (Å²) in [6.07, 6.45) is 0.797. The van der Waals surface area contributed by atoms with Crippen molar-refractivity contribution >= 4 is 11.8 Å². The summed E-state index contributed by atoms with van der Waals surface area (Å²) in [6, 6.07) is 9.22. The number of nitrogens with zero attached hydrogens (tertiary/aromatic N) is 2. The molecule has 0 saturated carbocycles. The second kappa shape index (κ2) is 9.82. The number of benzene rings is 1. The van der Waals surface area contributed by atoms with Crippen LogP contribution in [-0.2, 0) is 19.9 Å². The number of methoxy groups -OCH3 is 1. The summed E-state index contributed by atoms with van der Waals surface area (Å²) in [5, 5.41) is 2.93. The van der Waals surface area contributed by atoms with Gasteiger partial charge in [-0.2, -0.15) is 0 Å². The van der Waals surface area contributed by atoms with Crippen molar-refractivity contribution in [2.45, 2.75) is 31.8 Å². The third-order valence-corrected chi connectivity index (χ3v) is 5.17. The maximum absolute atomic E-state index is 12.9. The Labute approximate surface area is 161 Å². The Balaban J connectivity index is 1.85. The Bertz CT molecular complexity index is 613. The van der Waals surface area contributed by atoms with Gasteiger partial charge >= 0.3 is 0 Å². The van der Waals surface area contributed by atoms with Crippen LogP contribution in [0, 0.1) is 0 Å². The molecule has 1 fully saturated rings. The minimum absolute atomic E-state index is 0.0128. The number of hydrogen-bond acceptors (Lipinski definition) is 5. The van der Waals surface area contributed by atoms with E-state index in [1.165, 1.54) is 0 Å². The number of nitrogens with two attached hydrogens (primary N) is 1. The molecule has 0 radical (unpaired) electrons. The van der Waals surface area contributed by atoms with E-state index < -0.39 is 5.54 Å². The highest BCUT2D eigenvalue weighted by Gasteiger charge is 2.36. The van der Waals surface area contributed by atoms with E-state index in [0.29, 0.717) is 39.3 Å². The van der Waals surface area contributed by atoms with Crippen LogP contribution in [0.4, 0.5) is 0 Å². The van der Waals surface area contributed by atoms with Crippen molar-refractivity contribution in [1.29, 1.82) is 0 Å². The van der Waals surface area contributed by atoms with Gasteiger partial charge in [0.05, 0.1) is 6.04 Å². The maximum Gasteiger partial charge on any atom is 0.247 e. The molecule has 1 aromatic carbocycles. The Morgan fingerprint density at radius 3 is 2.44 bits per heavy atom. The molecule has 0 aromatic heterocycles. The minimum atomic E-state index is -1.05. The number of rotatable bonds is 8. The lowest BCUT2D eigenvalue weighted by Crippen LogP contribution is -2.59. The molecule has 0 spiro atoms. The van der Waals surface area contributed by atoms with Crippen LogP contribution in [0.15, 0.2) is 30.3 Å². The summed E-state index contributed by atoms with van der Waals surface area (Å²) in [6.45, 7) is 7.35. The van der Waals surface area contributed by atoms with Crippen molar-refractivity contribution in [2.24, 2.45) is 5.73 Å². The molecule has 1 heterocycles. The third kappa shape index (κ3) is 5.51. The molecule has 0 bridgehead atoms. The van der Waals surface area contributed by atoms with Gasteiger partial charge in [0.15, 0.2) is 0 Å². The van der Waals surface area contributed by atoms with Crippen molar-refractivity contribution in [1.82, 2.24) is 15.1 Å². The number of piperazine rings is 1. The number of hydrogen-bond donors (Lipinski definition) is 2.